The lowest BCUT2D eigenvalue weighted by Gasteiger charge is -2.36. The number of hydrogen-bond donors (Lipinski definition) is 2. The molecule has 1 fully saturated rings. The summed E-state index contributed by atoms with van der Waals surface area (Å²) in [6, 6.07) is 0. The largest absolute Gasteiger partial charge is 0.392 e. The third kappa shape index (κ3) is 2.98. The third-order valence-electron chi connectivity index (χ3n) is 3.55. The van der Waals surface area contributed by atoms with Crippen molar-refractivity contribution in [2.45, 2.75) is 26.7 Å². The first-order chi connectivity index (χ1) is 8.30. The van der Waals surface area contributed by atoms with Crippen molar-refractivity contribution in [3.8, 4) is 0 Å². The molecule has 0 spiro atoms. The lowest BCUT2D eigenvalue weighted by Crippen LogP contribution is -2.50. The molecule has 0 aromatic heterocycles. The van der Waals surface area contributed by atoms with Gasteiger partial charge < -0.3 is 16.0 Å². The Hall–Kier alpha value is -1.17. The molecule has 2 amide bonds. The Morgan fingerprint density at radius 3 is 2.22 bits per heavy atom. The van der Waals surface area contributed by atoms with E-state index in [-0.39, 0.29) is 22.7 Å². The standard InChI is InChI=1S/C12H21N3O2S/c1-12(2,10(13)18)11(17)15-6-4-8(5-7-15)9(16)14-3/h8H,4-7H2,1-3H3,(H2,13,18)(H,14,16). The quantitative estimate of drug-likeness (QED) is 0.723. The van der Waals surface area contributed by atoms with Crippen LogP contribution in [0.2, 0.25) is 0 Å². The molecule has 0 unspecified atom stereocenters. The van der Waals surface area contributed by atoms with Crippen LogP contribution in [0.4, 0.5) is 0 Å². The zero-order valence-corrected chi connectivity index (χ0v) is 12.0. The summed E-state index contributed by atoms with van der Waals surface area (Å²) in [5.74, 6) is 0.00746. The fourth-order valence-corrected chi connectivity index (χ4v) is 2.14. The zero-order valence-electron chi connectivity index (χ0n) is 11.2. The highest BCUT2D eigenvalue weighted by atomic mass is 32.1. The number of likely N-dealkylation sites (tertiary alicyclic amines) is 1. The van der Waals surface area contributed by atoms with Gasteiger partial charge in [-0.1, -0.05) is 12.2 Å². The Morgan fingerprint density at radius 1 is 1.33 bits per heavy atom. The van der Waals surface area contributed by atoms with E-state index in [9.17, 15) is 9.59 Å². The SMILES string of the molecule is CNC(=O)C1CCN(C(=O)C(C)(C)C(N)=S)CC1. The van der Waals surface area contributed by atoms with Gasteiger partial charge in [0.05, 0.1) is 10.4 Å². The summed E-state index contributed by atoms with van der Waals surface area (Å²) in [6.45, 7) is 4.65. The molecule has 5 nitrogen and oxygen atoms in total. The van der Waals surface area contributed by atoms with E-state index in [0.717, 1.165) is 0 Å². The number of carbonyl (C=O) groups is 2. The van der Waals surface area contributed by atoms with Crippen molar-refractivity contribution < 1.29 is 9.59 Å². The van der Waals surface area contributed by atoms with Crippen LogP contribution in [-0.4, -0.2) is 41.8 Å². The van der Waals surface area contributed by atoms with Crippen LogP contribution in [0.1, 0.15) is 26.7 Å². The molecule has 18 heavy (non-hydrogen) atoms. The van der Waals surface area contributed by atoms with Gasteiger partial charge in [0.2, 0.25) is 11.8 Å². The maximum atomic E-state index is 12.3. The number of nitrogens with zero attached hydrogens (tertiary/aromatic N) is 1. The van der Waals surface area contributed by atoms with Crippen molar-refractivity contribution in [3.63, 3.8) is 0 Å². The number of amides is 2. The van der Waals surface area contributed by atoms with Crippen molar-refractivity contribution in [2.24, 2.45) is 17.1 Å². The summed E-state index contributed by atoms with van der Waals surface area (Å²) in [6.07, 6.45) is 1.39. The Morgan fingerprint density at radius 2 is 1.83 bits per heavy atom. The van der Waals surface area contributed by atoms with Gasteiger partial charge in [-0.05, 0) is 26.7 Å². The van der Waals surface area contributed by atoms with Crippen LogP contribution in [0.25, 0.3) is 0 Å². The van der Waals surface area contributed by atoms with E-state index in [1.54, 1.807) is 25.8 Å². The molecule has 0 aliphatic carbocycles. The summed E-state index contributed by atoms with van der Waals surface area (Å²) in [5, 5.41) is 2.64. The van der Waals surface area contributed by atoms with Gasteiger partial charge in [-0.15, -0.1) is 0 Å². The smallest absolute Gasteiger partial charge is 0.235 e. The molecule has 1 aliphatic heterocycles. The average molecular weight is 271 g/mol. The Labute approximate surface area is 113 Å². The number of rotatable bonds is 3. The molecular weight excluding hydrogens is 250 g/mol. The summed E-state index contributed by atoms with van der Waals surface area (Å²) < 4.78 is 0. The van der Waals surface area contributed by atoms with E-state index in [1.165, 1.54) is 0 Å². The van der Waals surface area contributed by atoms with E-state index in [4.69, 9.17) is 18.0 Å². The van der Waals surface area contributed by atoms with Gasteiger partial charge in [-0.2, -0.15) is 0 Å². The fourth-order valence-electron chi connectivity index (χ4n) is 2.05. The molecule has 1 saturated heterocycles. The lowest BCUT2D eigenvalue weighted by atomic mass is 9.89. The van der Waals surface area contributed by atoms with Crippen molar-refractivity contribution in [3.05, 3.63) is 0 Å². The number of thiocarbonyl (C=S) groups is 1. The topological polar surface area (TPSA) is 75.4 Å². The first-order valence-corrected chi connectivity index (χ1v) is 6.52. The molecule has 0 radical (unpaired) electrons. The van der Waals surface area contributed by atoms with Crippen molar-refractivity contribution in [1.29, 1.82) is 0 Å². The highest BCUT2D eigenvalue weighted by Gasteiger charge is 2.37. The highest BCUT2D eigenvalue weighted by molar-refractivity contribution is 7.80. The number of carbonyl (C=O) groups excluding carboxylic acids is 2. The van der Waals surface area contributed by atoms with E-state index in [1.807, 2.05) is 0 Å². The predicted molar refractivity (Wildman–Crippen MR) is 73.9 cm³/mol. The minimum Gasteiger partial charge on any atom is -0.392 e. The highest BCUT2D eigenvalue weighted by Crippen LogP contribution is 2.24. The summed E-state index contributed by atoms with van der Waals surface area (Å²) in [4.78, 5) is 25.7. The number of piperidine rings is 1. The number of nitrogens with two attached hydrogens (primary N) is 1. The second-order valence-electron chi connectivity index (χ2n) is 5.17. The molecule has 0 aromatic carbocycles. The van der Waals surface area contributed by atoms with Crippen molar-refractivity contribution in [1.82, 2.24) is 10.2 Å². The third-order valence-corrected chi connectivity index (χ3v) is 4.06. The first kappa shape index (κ1) is 14.9. The molecule has 6 heteroatoms. The van der Waals surface area contributed by atoms with Gasteiger partial charge in [0.1, 0.15) is 0 Å². The van der Waals surface area contributed by atoms with Crippen LogP contribution in [-0.2, 0) is 9.59 Å². The van der Waals surface area contributed by atoms with Crippen molar-refractivity contribution in [2.75, 3.05) is 20.1 Å². The molecular formula is C12H21N3O2S. The molecule has 0 aromatic rings. The molecule has 0 atom stereocenters. The second kappa shape index (κ2) is 5.65. The molecule has 0 bridgehead atoms. The molecule has 3 N–H and O–H groups in total. The van der Waals surface area contributed by atoms with Crippen molar-refractivity contribution >= 4 is 29.0 Å². The Balaban J connectivity index is 2.61. The van der Waals surface area contributed by atoms with Crippen LogP contribution in [0.15, 0.2) is 0 Å². The fraction of sp³-hybridized carbons (Fsp3) is 0.750. The van der Waals surface area contributed by atoms with Crippen LogP contribution in [0, 0.1) is 11.3 Å². The average Bonchev–Trinajstić information content (AvgIpc) is 2.36. The summed E-state index contributed by atoms with van der Waals surface area (Å²) in [7, 11) is 1.63. The van der Waals surface area contributed by atoms with Gasteiger partial charge in [-0.25, -0.2) is 0 Å². The Kier molecular flexibility index (Phi) is 4.67. The second-order valence-corrected chi connectivity index (χ2v) is 5.61. The maximum absolute atomic E-state index is 12.3. The van der Waals surface area contributed by atoms with Crippen LogP contribution in [0.5, 0.6) is 0 Å². The number of nitrogens with one attached hydrogen (secondary N) is 1. The first-order valence-electron chi connectivity index (χ1n) is 6.11. The van der Waals surface area contributed by atoms with Gasteiger partial charge >= 0.3 is 0 Å². The van der Waals surface area contributed by atoms with E-state index < -0.39 is 5.41 Å². The summed E-state index contributed by atoms with van der Waals surface area (Å²) >= 11 is 4.93. The van der Waals surface area contributed by atoms with Gasteiger partial charge in [0.25, 0.3) is 0 Å². The van der Waals surface area contributed by atoms with E-state index in [0.29, 0.717) is 25.9 Å². The predicted octanol–water partition coefficient (Wildman–Crippen LogP) is 0.283. The maximum Gasteiger partial charge on any atom is 0.235 e. The molecule has 102 valence electrons. The van der Waals surface area contributed by atoms with Gasteiger partial charge in [0, 0.05) is 26.1 Å². The van der Waals surface area contributed by atoms with Crippen LogP contribution >= 0.6 is 12.2 Å². The molecule has 1 heterocycles. The van der Waals surface area contributed by atoms with Gasteiger partial charge in [-0.3, -0.25) is 9.59 Å². The molecule has 1 rings (SSSR count). The van der Waals surface area contributed by atoms with E-state index >= 15 is 0 Å². The number of hydrogen-bond acceptors (Lipinski definition) is 3. The van der Waals surface area contributed by atoms with Crippen LogP contribution < -0.4 is 11.1 Å². The lowest BCUT2D eigenvalue weighted by molar-refractivity contribution is -0.140. The Bertz CT molecular complexity index is 360. The van der Waals surface area contributed by atoms with E-state index in [2.05, 4.69) is 5.32 Å². The minimum absolute atomic E-state index is 0.00647. The van der Waals surface area contributed by atoms with Gasteiger partial charge in [0.15, 0.2) is 0 Å². The molecule has 1 aliphatic rings. The van der Waals surface area contributed by atoms with Crippen LogP contribution in [0.3, 0.4) is 0 Å². The normalized spacial score (nSPS) is 17.4. The zero-order chi connectivity index (χ0) is 13.9. The monoisotopic (exact) mass is 271 g/mol. The molecule has 0 saturated carbocycles. The summed E-state index contributed by atoms with van der Waals surface area (Å²) in [5.41, 5.74) is 4.78. The minimum atomic E-state index is -0.810.